The molecule has 2 aliphatic heterocycles. The van der Waals surface area contributed by atoms with Gasteiger partial charge in [-0.25, -0.2) is 0 Å². The molecule has 0 unspecified atom stereocenters. The Kier molecular flexibility index (Phi) is 6.84. The summed E-state index contributed by atoms with van der Waals surface area (Å²) in [5.41, 5.74) is 1.11. The van der Waals surface area contributed by atoms with Crippen molar-refractivity contribution in [3.05, 3.63) is 24.5 Å². The van der Waals surface area contributed by atoms with Crippen molar-refractivity contribution in [3.63, 3.8) is 0 Å². The molecule has 2 amide bonds. The molecule has 1 aromatic rings. The summed E-state index contributed by atoms with van der Waals surface area (Å²) in [7, 11) is 0. The normalized spacial score (nSPS) is 18.2. The number of anilines is 1. The van der Waals surface area contributed by atoms with Gasteiger partial charge in [-0.15, -0.1) is 0 Å². The van der Waals surface area contributed by atoms with Gasteiger partial charge in [-0.3, -0.25) is 19.4 Å². The quantitative estimate of drug-likeness (QED) is 0.788. The summed E-state index contributed by atoms with van der Waals surface area (Å²) in [4.78, 5) is 45.5. The maximum absolute atomic E-state index is 12.5. The highest BCUT2D eigenvalue weighted by atomic mass is 16.4. The van der Waals surface area contributed by atoms with Crippen molar-refractivity contribution in [1.29, 1.82) is 0 Å². The Labute approximate surface area is 165 Å². The molecule has 0 aliphatic carbocycles. The van der Waals surface area contributed by atoms with Crippen molar-refractivity contribution >= 4 is 23.5 Å². The van der Waals surface area contributed by atoms with Crippen LogP contribution in [0.15, 0.2) is 24.5 Å². The fraction of sp³-hybridized carbons (Fsp3) is 0.600. The predicted octanol–water partition coefficient (Wildman–Crippen LogP) is 1.22. The minimum absolute atomic E-state index is 0.00227. The first-order valence-corrected chi connectivity index (χ1v) is 9.95. The number of carbonyl (C=O) groups excluding carboxylic acids is 2. The third-order valence-corrected chi connectivity index (χ3v) is 5.64. The van der Waals surface area contributed by atoms with E-state index in [0.29, 0.717) is 26.2 Å². The van der Waals surface area contributed by atoms with Gasteiger partial charge in [0.05, 0.1) is 0 Å². The van der Waals surface area contributed by atoms with Crippen LogP contribution in [0.25, 0.3) is 0 Å². The summed E-state index contributed by atoms with van der Waals surface area (Å²) in [6, 6.07) is 3.94. The van der Waals surface area contributed by atoms with Crippen LogP contribution in [0, 0.1) is 5.92 Å². The van der Waals surface area contributed by atoms with Crippen LogP contribution in [0.5, 0.6) is 0 Å². The zero-order chi connectivity index (χ0) is 19.9. The second-order valence-electron chi connectivity index (χ2n) is 7.50. The summed E-state index contributed by atoms with van der Waals surface area (Å²) < 4.78 is 0. The summed E-state index contributed by atoms with van der Waals surface area (Å²) in [6.07, 6.45) is 5.62. The zero-order valence-electron chi connectivity index (χ0n) is 16.1. The van der Waals surface area contributed by atoms with E-state index >= 15 is 0 Å². The molecule has 0 saturated carbocycles. The first-order chi connectivity index (χ1) is 13.5. The lowest BCUT2D eigenvalue weighted by Gasteiger charge is -2.36. The van der Waals surface area contributed by atoms with E-state index in [1.807, 2.05) is 17.0 Å². The minimum atomic E-state index is -0.778. The van der Waals surface area contributed by atoms with Gasteiger partial charge in [0.2, 0.25) is 11.8 Å². The van der Waals surface area contributed by atoms with E-state index in [4.69, 9.17) is 5.11 Å². The Hall–Kier alpha value is -2.64. The van der Waals surface area contributed by atoms with Gasteiger partial charge in [0.15, 0.2) is 0 Å². The molecule has 2 saturated heterocycles. The number of likely N-dealkylation sites (tertiary alicyclic amines) is 1. The Morgan fingerprint density at radius 3 is 1.96 bits per heavy atom. The molecule has 3 heterocycles. The van der Waals surface area contributed by atoms with Gasteiger partial charge in [0.1, 0.15) is 0 Å². The lowest BCUT2D eigenvalue weighted by Crippen LogP contribution is -2.49. The monoisotopic (exact) mass is 388 g/mol. The minimum Gasteiger partial charge on any atom is -0.481 e. The smallest absolute Gasteiger partial charge is 0.303 e. The van der Waals surface area contributed by atoms with Crippen LogP contribution in [0.2, 0.25) is 0 Å². The molecule has 3 rings (SSSR count). The number of aromatic nitrogens is 1. The van der Waals surface area contributed by atoms with Crippen molar-refractivity contribution in [1.82, 2.24) is 14.8 Å². The SMILES string of the molecule is O=C(O)CC1CCN(C(=O)CCC(=O)N2CCN(c3ccncc3)CC2)CC1. The van der Waals surface area contributed by atoms with Crippen molar-refractivity contribution in [2.45, 2.75) is 32.1 Å². The van der Waals surface area contributed by atoms with Gasteiger partial charge in [-0.1, -0.05) is 0 Å². The third kappa shape index (κ3) is 5.43. The van der Waals surface area contributed by atoms with Gasteiger partial charge >= 0.3 is 5.97 Å². The number of pyridine rings is 1. The van der Waals surface area contributed by atoms with E-state index in [0.717, 1.165) is 31.6 Å². The molecule has 8 heteroatoms. The highest BCUT2D eigenvalue weighted by molar-refractivity contribution is 5.84. The number of carboxylic acids is 1. The number of nitrogens with zero attached hydrogens (tertiary/aromatic N) is 4. The van der Waals surface area contributed by atoms with Gasteiger partial charge in [-0.2, -0.15) is 0 Å². The molecule has 0 radical (unpaired) electrons. The van der Waals surface area contributed by atoms with Crippen LogP contribution in [0.3, 0.4) is 0 Å². The van der Waals surface area contributed by atoms with Crippen LogP contribution in [0.1, 0.15) is 32.1 Å². The number of aliphatic carboxylic acids is 1. The molecule has 0 aromatic carbocycles. The van der Waals surface area contributed by atoms with Gasteiger partial charge < -0.3 is 19.8 Å². The molecule has 2 aliphatic rings. The number of piperidine rings is 1. The molecule has 2 fully saturated rings. The van der Waals surface area contributed by atoms with Crippen molar-refractivity contribution in [2.75, 3.05) is 44.2 Å². The Morgan fingerprint density at radius 2 is 1.43 bits per heavy atom. The highest BCUT2D eigenvalue weighted by Gasteiger charge is 2.26. The number of piperazine rings is 1. The highest BCUT2D eigenvalue weighted by Crippen LogP contribution is 2.21. The second kappa shape index (κ2) is 9.52. The average Bonchev–Trinajstić information content (AvgIpc) is 2.72. The second-order valence-corrected chi connectivity index (χ2v) is 7.50. The molecule has 1 aromatic heterocycles. The molecule has 0 spiro atoms. The summed E-state index contributed by atoms with van der Waals surface area (Å²) in [6.45, 7) is 4.07. The summed E-state index contributed by atoms with van der Waals surface area (Å²) >= 11 is 0. The standard InChI is InChI=1S/C20H28N4O4/c25-18(23-9-5-16(6-10-23)15-20(27)28)1-2-19(26)24-13-11-22(12-14-24)17-3-7-21-8-4-17/h3-4,7-8,16H,1-2,5-6,9-15H2,(H,27,28). The average molecular weight is 388 g/mol. The molecule has 0 bridgehead atoms. The zero-order valence-corrected chi connectivity index (χ0v) is 16.1. The number of hydrogen-bond acceptors (Lipinski definition) is 5. The lowest BCUT2D eigenvalue weighted by atomic mass is 9.93. The predicted molar refractivity (Wildman–Crippen MR) is 104 cm³/mol. The van der Waals surface area contributed by atoms with Crippen LogP contribution >= 0.6 is 0 Å². The van der Waals surface area contributed by atoms with Crippen molar-refractivity contribution < 1.29 is 19.5 Å². The van der Waals surface area contributed by atoms with E-state index in [-0.39, 0.29) is 37.0 Å². The Balaban J connectivity index is 1.37. The largest absolute Gasteiger partial charge is 0.481 e. The molecule has 152 valence electrons. The first kappa shape index (κ1) is 20.1. The maximum Gasteiger partial charge on any atom is 0.303 e. The number of hydrogen-bond donors (Lipinski definition) is 1. The molecular formula is C20H28N4O4. The molecule has 0 atom stereocenters. The molecule has 1 N–H and O–H groups in total. The fourth-order valence-electron chi connectivity index (χ4n) is 3.93. The lowest BCUT2D eigenvalue weighted by molar-refractivity contribution is -0.140. The van der Waals surface area contributed by atoms with Gasteiger partial charge in [-0.05, 0) is 30.9 Å². The van der Waals surface area contributed by atoms with E-state index in [9.17, 15) is 14.4 Å². The van der Waals surface area contributed by atoms with Crippen LogP contribution in [-0.4, -0.2) is 76.9 Å². The molecule has 28 heavy (non-hydrogen) atoms. The summed E-state index contributed by atoms with van der Waals surface area (Å²) in [5, 5.41) is 8.86. The topological polar surface area (TPSA) is 94.0 Å². The Bertz CT molecular complexity index is 681. The molecule has 8 nitrogen and oxygen atoms in total. The van der Waals surface area contributed by atoms with Crippen molar-refractivity contribution in [3.8, 4) is 0 Å². The number of carboxylic acid groups (broad SMARTS) is 1. The van der Waals surface area contributed by atoms with E-state index < -0.39 is 5.97 Å². The Morgan fingerprint density at radius 1 is 0.893 bits per heavy atom. The van der Waals surface area contributed by atoms with Crippen LogP contribution in [-0.2, 0) is 14.4 Å². The van der Waals surface area contributed by atoms with E-state index in [2.05, 4.69) is 9.88 Å². The summed E-state index contributed by atoms with van der Waals surface area (Å²) in [5.74, 6) is -0.597. The third-order valence-electron chi connectivity index (χ3n) is 5.64. The molecular weight excluding hydrogens is 360 g/mol. The van der Waals surface area contributed by atoms with Crippen molar-refractivity contribution in [2.24, 2.45) is 5.92 Å². The van der Waals surface area contributed by atoms with Crippen LogP contribution in [0.4, 0.5) is 5.69 Å². The van der Waals surface area contributed by atoms with Gasteiger partial charge in [0, 0.05) is 76.6 Å². The van der Waals surface area contributed by atoms with E-state index in [1.165, 1.54) is 0 Å². The van der Waals surface area contributed by atoms with Gasteiger partial charge in [0.25, 0.3) is 0 Å². The first-order valence-electron chi connectivity index (χ1n) is 9.95. The van der Waals surface area contributed by atoms with Crippen LogP contribution < -0.4 is 4.90 Å². The van der Waals surface area contributed by atoms with E-state index in [1.54, 1.807) is 17.3 Å². The number of amides is 2. The fourth-order valence-corrected chi connectivity index (χ4v) is 3.93. The maximum atomic E-state index is 12.5. The number of rotatable bonds is 6. The number of carbonyl (C=O) groups is 3.